The fourth-order valence-electron chi connectivity index (χ4n) is 2.63. The third-order valence-corrected chi connectivity index (χ3v) is 4.35. The van der Waals surface area contributed by atoms with Crippen LogP contribution in [0.15, 0.2) is 39.6 Å². The fraction of sp³-hybridized carbons (Fsp3) is 0.222. The molecular weight excluding hydrogens is 422 g/mol. The van der Waals surface area contributed by atoms with E-state index in [1.807, 2.05) is 13.8 Å². The Morgan fingerprint density at radius 1 is 1.22 bits per heavy atom. The summed E-state index contributed by atoms with van der Waals surface area (Å²) in [6.45, 7) is 3.38. The number of nitrogens with one attached hydrogen (secondary N) is 1. The highest BCUT2D eigenvalue weighted by atomic mass is 79.9. The van der Waals surface area contributed by atoms with Crippen LogP contribution in [0, 0.1) is 11.8 Å². The molecule has 6 nitrogen and oxygen atoms in total. The molecule has 9 heteroatoms. The van der Waals surface area contributed by atoms with Gasteiger partial charge in [-0.25, -0.2) is 9.07 Å². The topological polar surface area (TPSA) is 76.9 Å². The number of aromatic nitrogens is 3. The highest BCUT2D eigenvalue weighted by Crippen LogP contribution is 2.24. The van der Waals surface area contributed by atoms with Gasteiger partial charge in [-0.3, -0.25) is 9.59 Å². The van der Waals surface area contributed by atoms with E-state index in [1.165, 1.54) is 0 Å². The number of fused-ring (bicyclic) bond motifs is 1. The molecule has 0 spiro atoms. The van der Waals surface area contributed by atoms with Gasteiger partial charge < -0.3 is 5.32 Å². The highest BCUT2D eigenvalue weighted by Gasteiger charge is 2.17. The summed E-state index contributed by atoms with van der Waals surface area (Å²) in [7, 11) is 0. The maximum Gasteiger partial charge on any atom is 0.275 e. The Balaban J connectivity index is 1.98. The van der Waals surface area contributed by atoms with E-state index < -0.39 is 35.6 Å². The molecule has 0 atom stereocenters. The molecule has 2 heterocycles. The number of carbonyl (C=O) groups excluding carboxylic acids is 1. The first-order chi connectivity index (χ1) is 12.8. The van der Waals surface area contributed by atoms with Crippen LogP contribution in [0.5, 0.6) is 0 Å². The van der Waals surface area contributed by atoms with Gasteiger partial charge in [0.15, 0.2) is 11.6 Å². The van der Waals surface area contributed by atoms with Gasteiger partial charge in [0, 0.05) is 9.86 Å². The third-order valence-electron chi connectivity index (χ3n) is 3.86. The number of rotatable bonds is 4. The number of carbonyl (C=O) groups is 1. The van der Waals surface area contributed by atoms with E-state index in [2.05, 4.69) is 31.3 Å². The largest absolute Gasteiger partial charge is 0.307 e. The molecule has 0 aliphatic carbocycles. The summed E-state index contributed by atoms with van der Waals surface area (Å²) >= 11 is 3.37. The second-order valence-corrected chi connectivity index (χ2v) is 7.12. The van der Waals surface area contributed by atoms with Crippen molar-refractivity contribution in [1.29, 1.82) is 0 Å². The zero-order chi connectivity index (χ0) is 19.7. The van der Waals surface area contributed by atoms with E-state index in [0.717, 1.165) is 21.3 Å². The van der Waals surface area contributed by atoms with Crippen LogP contribution in [-0.4, -0.2) is 20.7 Å². The number of halogens is 3. The summed E-state index contributed by atoms with van der Waals surface area (Å²) in [6, 6.07) is 6.87. The number of pyridine rings is 1. The Hall–Kier alpha value is -2.68. The summed E-state index contributed by atoms with van der Waals surface area (Å²) in [5.74, 6) is -3.09. The Kier molecular flexibility index (Phi) is 5.31. The molecule has 1 aromatic carbocycles. The average Bonchev–Trinajstić information content (AvgIpc) is 2.60. The van der Waals surface area contributed by atoms with Gasteiger partial charge in [0.2, 0.25) is 11.9 Å². The summed E-state index contributed by atoms with van der Waals surface area (Å²) in [5.41, 5.74) is 0.193. The molecular formula is C18H15BrF2N4O2. The highest BCUT2D eigenvalue weighted by molar-refractivity contribution is 9.10. The summed E-state index contributed by atoms with van der Waals surface area (Å²) in [6.07, 6.45) is 0. The Bertz CT molecular complexity index is 1100. The minimum Gasteiger partial charge on any atom is -0.307 e. The molecule has 3 aromatic rings. The van der Waals surface area contributed by atoms with Crippen molar-refractivity contribution < 1.29 is 13.6 Å². The average molecular weight is 437 g/mol. The fourth-order valence-corrected chi connectivity index (χ4v) is 2.99. The number of amides is 1. The summed E-state index contributed by atoms with van der Waals surface area (Å²) in [5, 5.41) is 7.57. The van der Waals surface area contributed by atoms with E-state index in [0.29, 0.717) is 16.5 Å². The monoisotopic (exact) mass is 436 g/mol. The van der Waals surface area contributed by atoms with Crippen molar-refractivity contribution in [2.45, 2.75) is 26.3 Å². The minimum atomic E-state index is -0.930. The lowest BCUT2D eigenvalue weighted by Gasteiger charge is -2.13. The van der Waals surface area contributed by atoms with Crippen LogP contribution in [-0.2, 0) is 11.3 Å². The molecule has 0 aliphatic heterocycles. The SMILES string of the molecule is CC(C)c1nn(CC(=O)Nc2nc(F)ccc2F)c(=O)c2ccc(Br)cc12. The van der Waals surface area contributed by atoms with Gasteiger partial charge in [0.05, 0.1) is 11.1 Å². The smallest absolute Gasteiger partial charge is 0.275 e. The molecule has 2 aromatic heterocycles. The second-order valence-electron chi connectivity index (χ2n) is 6.21. The molecule has 27 heavy (non-hydrogen) atoms. The van der Waals surface area contributed by atoms with Crippen molar-refractivity contribution in [2.24, 2.45) is 0 Å². The van der Waals surface area contributed by atoms with Crippen LogP contribution in [0.4, 0.5) is 14.6 Å². The van der Waals surface area contributed by atoms with E-state index in [4.69, 9.17) is 0 Å². The number of nitrogens with zero attached hydrogens (tertiary/aromatic N) is 3. The molecule has 0 radical (unpaired) electrons. The number of hydrogen-bond donors (Lipinski definition) is 1. The maximum absolute atomic E-state index is 13.6. The van der Waals surface area contributed by atoms with Gasteiger partial charge in [0.25, 0.3) is 5.56 Å². The lowest BCUT2D eigenvalue weighted by Crippen LogP contribution is -2.31. The molecule has 0 fully saturated rings. The Morgan fingerprint density at radius 3 is 2.67 bits per heavy atom. The molecule has 0 unspecified atom stereocenters. The molecule has 0 saturated carbocycles. The van der Waals surface area contributed by atoms with E-state index in [9.17, 15) is 18.4 Å². The standard InChI is InChI=1S/C18H15BrF2N4O2/c1-9(2)16-12-7-10(19)3-4-11(12)18(27)25(24-16)8-15(26)23-17-13(20)5-6-14(21)22-17/h3-7,9H,8H2,1-2H3,(H,22,23,26). The van der Waals surface area contributed by atoms with Crippen molar-refractivity contribution in [3.8, 4) is 0 Å². The number of hydrogen-bond acceptors (Lipinski definition) is 4. The van der Waals surface area contributed by atoms with Crippen LogP contribution in [0.25, 0.3) is 10.8 Å². The molecule has 1 amide bonds. The normalized spacial score (nSPS) is 11.2. The third kappa shape index (κ3) is 4.02. The van der Waals surface area contributed by atoms with Crippen molar-refractivity contribution in [3.05, 3.63) is 62.6 Å². The van der Waals surface area contributed by atoms with Gasteiger partial charge in [-0.05, 0) is 36.2 Å². The molecule has 0 bridgehead atoms. The van der Waals surface area contributed by atoms with Crippen LogP contribution in [0.2, 0.25) is 0 Å². The minimum absolute atomic E-state index is 0.000887. The number of anilines is 1. The molecule has 0 aliphatic rings. The second kappa shape index (κ2) is 7.51. The van der Waals surface area contributed by atoms with Crippen LogP contribution >= 0.6 is 15.9 Å². The van der Waals surface area contributed by atoms with E-state index >= 15 is 0 Å². The van der Waals surface area contributed by atoms with Crippen molar-refractivity contribution >= 4 is 38.4 Å². The van der Waals surface area contributed by atoms with Gasteiger partial charge in [-0.15, -0.1) is 0 Å². The first-order valence-corrected chi connectivity index (χ1v) is 8.87. The first kappa shape index (κ1) is 19.1. The zero-order valence-corrected chi connectivity index (χ0v) is 16.0. The van der Waals surface area contributed by atoms with Crippen LogP contribution in [0.1, 0.15) is 25.5 Å². The molecule has 0 saturated heterocycles. The van der Waals surface area contributed by atoms with Crippen molar-refractivity contribution in [1.82, 2.24) is 14.8 Å². The number of benzene rings is 1. The predicted octanol–water partition coefficient (Wildman–Crippen LogP) is 3.59. The predicted molar refractivity (Wildman–Crippen MR) is 101 cm³/mol. The lowest BCUT2D eigenvalue weighted by molar-refractivity contribution is -0.117. The van der Waals surface area contributed by atoms with Gasteiger partial charge >= 0.3 is 0 Å². The van der Waals surface area contributed by atoms with Crippen LogP contribution in [0.3, 0.4) is 0 Å². The molecule has 3 rings (SSSR count). The first-order valence-electron chi connectivity index (χ1n) is 8.08. The van der Waals surface area contributed by atoms with Gasteiger partial charge in [-0.1, -0.05) is 29.8 Å². The maximum atomic E-state index is 13.6. The summed E-state index contributed by atoms with van der Waals surface area (Å²) < 4.78 is 28.6. The molecule has 140 valence electrons. The van der Waals surface area contributed by atoms with Crippen LogP contribution < -0.4 is 10.9 Å². The lowest BCUT2D eigenvalue weighted by atomic mass is 10.0. The van der Waals surface area contributed by atoms with Crippen molar-refractivity contribution in [2.75, 3.05) is 5.32 Å². The Labute approximate surface area is 161 Å². The van der Waals surface area contributed by atoms with Crippen molar-refractivity contribution in [3.63, 3.8) is 0 Å². The Morgan fingerprint density at radius 2 is 1.96 bits per heavy atom. The van der Waals surface area contributed by atoms with E-state index in [1.54, 1.807) is 18.2 Å². The van der Waals surface area contributed by atoms with Gasteiger partial charge in [-0.2, -0.15) is 14.5 Å². The quantitative estimate of drug-likeness (QED) is 0.633. The van der Waals surface area contributed by atoms with Gasteiger partial charge in [0.1, 0.15) is 6.54 Å². The van der Waals surface area contributed by atoms with E-state index in [-0.39, 0.29) is 5.92 Å². The zero-order valence-electron chi connectivity index (χ0n) is 14.5. The summed E-state index contributed by atoms with van der Waals surface area (Å²) in [4.78, 5) is 28.2. The molecule has 1 N–H and O–H groups in total.